The van der Waals surface area contributed by atoms with Gasteiger partial charge in [-0.25, -0.2) is 9.78 Å². The van der Waals surface area contributed by atoms with E-state index in [0.29, 0.717) is 26.3 Å². The number of thiazole rings is 1. The van der Waals surface area contributed by atoms with Gasteiger partial charge in [-0.15, -0.1) is 11.3 Å². The smallest absolute Gasteiger partial charge is 0.326 e. The summed E-state index contributed by atoms with van der Waals surface area (Å²) in [6, 6.07) is 4.26. The van der Waals surface area contributed by atoms with Crippen LogP contribution in [-0.4, -0.2) is 28.0 Å². The fraction of sp³-hybridized carbons (Fsp3) is 0.312. The van der Waals surface area contributed by atoms with Crippen molar-refractivity contribution in [3.05, 3.63) is 39.3 Å². The number of aliphatic carboxylic acids is 1. The van der Waals surface area contributed by atoms with Crippen molar-refractivity contribution in [2.45, 2.75) is 26.3 Å². The molecule has 0 unspecified atom stereocenters. The molecule has 24 heavy (non-hydrogen) atoms. The molecule has 0 saturated carbocycles. The molecule has 1 aromatic carbocycles. The van der Waals surface area contributed by atoms with Crippen LogP contribution in [0.1, 0.15) is 19.5 Å². The highest BCUT2D eigenvalue weighted by atomic mass is 35.5. The number of nitrogens with zero attached hydrogens (tertiary/aromatic N) is 1. The molecule has 0 fully saturated rings. The van der Waals surface area contributed by atoms with Crippen LogP contribution in [0.5, 0.6) is 0 Å². The van der Waals surface area contributed by atoms with Gasteiger partial charge in [0.2, 0.25) is 5.91 Å². The number of carboxylic acid groups (broad SMARTS) is 1. The van der Waals surface area contributed by atoms with Gasteiger partial charge in [0.1, 0.15) is 11.0 Å². The molecule has 0 spiro atoms. The van der Waals surface area contributed by atoms with Gasteiger partial charge < -0.3 is 10.4 Å². The largest absolute Gasteiger partial charge is 0.480 e. The molecule has 128 valence electrons. The van der Waals surface area contributed by atoms with E-state index >= 15 is 0 Å². The predicted molar refractivity (Wildman–Crippen MR) is 95.7 cm³/mol. The molecule has 0 radical (unpaired) electrons. The number of hydrogen-bond donors (Lipinski definition) is 2. The number of carbonyl (C=O) groups is 2. The summed E-state index contributed by atoms with van der Waals surface area (Å²) in [5.41, 5.74) is 1.17. The first-order chi connectivity index (χ1) is 11.3. The summed E-state index contributed by atoms with van der Waals surface area (Å²) in [7, 11) is 0. The zero-order chi connectivity index (χ0) is 17.9. The van der Waals surface area contributed by atoms with E-state index in [9.17, 15) is 9.59 Å². The van der Waals surface area contributed by atoms with E-state index in [4.69, 9.17) is 28.3 Å². The molecule has 5 nitrogen and oxygen atoms in total. The van der Waals surface area contributed by atoms with Crippen LogP contribution in [0.4, 0.5) is 0 Å². The van der Waals surface area contributed by atoms with Gasteiger partial charge in [-0.05, 0) is 18.1 Å². The molecule has 1 heterocycles. The van der Waals surface area contributed by atoms with Crippen LogP contribution in [0, 0.1) is 5.92 Å². The summed E-state index contributed by atoms with van der Waals surface area (Å²) in [6.45, 7) is 3.47. The fourth-order valence-electron chi connectivity index (χ4n) is 2.11. The lowest BCUT2D eigenvalue weighted by Crippen LogP contribution is -2.44. The topological polar surface area (TPSA) is 79.3 Å². The molecule has 2 aromatic rings. The molecule has 0 aliphatic heterocycles. The van der Waals surface area contributed by atoms with E-state index in [1.165, 1.54) is 11.3 Å². The number of benzene rings is 1. The summed E-state index contributed by atoms with van der Waals surface area (Å²) in [5.74, 6) is -1.65. The van der Waals surface area contributed by atoms with Crippen molar-refractivity contribution in [3.63, 3.8) is 0 Å². The highest BCUT2D eigenvalue weighted by molar-refractivity contribution is 7.13. The van der Waals surface area contributed by atoms with Gasteiger partial charge in [0.15, 0.2) is 0 Å². The van der Waals surface area contributed by atoms with Gasteiger partial charge in [0.25, 0.3) is 0 Å². The van der Waals surface area contributed by atoms with Crippen LogP contribution in [0.2, 0.25) is 10.0 Å². The van der Waals surface area contributed by atoms with Gasteiger partial charge in [0, 0.05) is 10.9 Å². The average molecular weight is 387 g/mol. The zero-order valence-electron chi connectivity index (χ0n) is 13.0. The molecule has 1 amide bonds. The minimum absolute atomic E-state index is 0.00489. The molecule has 1 aromatic heterocycles. The van der Waals surface area contributed by atoms with E-state index < -0.39 is 17.9 Å². The second-order valence-electron chi connectivity index (χ2n) is 5.54. The van der Waals surface area contributed by atoms with Crippen LogP contribution in [0.3, 0.4) is 0 Å². The number of amides is 1. The SMILES string of the molecule is CC(C)[C@@H](NC(=O)Cc1csc(-c2c(Cl)cccc2Cl)n1)C(=O)O. The van der Waals surface area contributed by atoms with Crippen LogP contribution < -0.4 is 5.32 Å². The molecule has 2 rings (SSSR count). The van der Waals surface area contributed by atoms with Crippen molar-refractivity contribution in [1.82, 2.24) is 10.3 Å². The molecule has 0 aliphatic carbocycles. The maximum Gasteiger partial charge on any atom is 0.326 e. The molecular formula is C16H16Cl2N2O3S. The first-order valence-corrected chi connectivity index (χ1v) is 8.84. The van der Waals surface area contributed by atoms with Gasteiger partial charge in [-0.2, -0.15) is 0 Å². The number of aromatic nitrogens is 1. The Kier molecular flexibility index (Phi) is 6.21. The third kappa shape index (κ3) is 4.47. The Hall–Kier alpha value is -1.63. The number of hydrogen-bond acceptors (Lipinski definition) is 4. The maximum absolute atomic E-state index is 12.0. The van der Waals surface area contributed by atoms with Crippen molar-refractivity contribution in [2.24, 2.45) is 5.92 Å². The zero-order valence-corrected chi connectivity index (χ0v) is 15.4. The quantitative estimate of drug-likeness (QED) is 0.788. The summed E-state index contributed by atoms with van der Waals surface area (Å²) in [6.07, 6.45) is -0.00489. The van der Waals surface area contributed by atoms with Crippen molar-refractivity contribution >= 4 is 46.4 Å². The standard InChI is InChI=1S/C16H16Cl2N2O3S/c1-8(2)14(16(22)23)20-12(21)6-9-7-24-15(19-9)13-10(17)4-3-5-11(13)18/h3-5,7-8,14H,6H2,1-2H3,(H,20,21)(H,22,23)/t14-/m1/s1. The summed E-state index contributed by atoms with van der Waals surface area (Å²) < 4.78 is 0. The molecule has 0 aliphatic rings. The number of nitrogens with one attached hydrogen (secondary N) is 1. The number of halogens is 2. The van der Waals surface area contributed by atoms with Crippen LogP contribution in [0.25, 0.3) is 10.6 Å². The van der Waals surface area contributed by atoms with Gasteiger partial charge in [-0.3, -0.25) is 4.79 Å². The molecular weight excluding hydrogens is 371 g/mol. The first-order valence-electron chi connectivity index (χ1n) is 7.20. The Morgan fingerprint density at radius 2 is 1.92 bits per heavy atom. The van der Waals surface area contributed by atoms with E-state index in [1.807, 2.05) is 0 Å². The molecule has 2 N–H and O–H groups in total. The maximum atomic E-state index is 12.0. The lowest BCUT2D eigenvalue weighted by molar-refractivity contribution is -0.143. The average Bonchev–Trinajstić information content (AvgIpc) is 2.92. The van der Waals surface area contributed by atoms with E-state index in [-0.39, 0.29) is 12.3 Å². The van der Waals surface area contributed by atoms with Crippen LogP contribution >= 0.6 is 34.5 Å². The Bertz CT molecular complexity index is 741. The van der Waals surface area contributed by atoms with Gasteiger partial charge >= 0.3 is 5.97 Å². The Morgan fingerprint density at radius 3 is 2.46 bits per heavy atom. The second-order valence-corrected chi connectivity index (χ2v) is 7.22. The summed E-state index contributed by atoms with van der Waals surface area (Å²) in [5, 5.41) is 14.9. The monoisotopic (exact) mass is 386 g/mol. The van der Waals surface area contributed by atoms with Crippen LogP contribution in [0.15, 0.2) is 23.6 Å². The Morgan fingerprint density at radius 1 is 1.29 bits per heavy atom. The van der Waals surface area contributed by atoms with Crippen LogP contribution in [-0.2, 0) is 16.0 Å². The van der Waals surface area contributed by atoms with Crippen molar-refractivity contribution in [2.75, 3.05) is 0 Å². The van der Waals surface area contributed by atoms with E-state index in [2.05, 4.69) is 10.3 Å². The lowest BCUT2D eigenvalue weighted by atomic mass is 10.0. The highest BCUT2D eigenvalue weighted by Crippen LogP contribution is 2.36. The minimum atomic E-state index is -1.06. The number of rotatable bonds is 6. The second kappa shape index (κ2) is 7.96. The third-order valence-electron chi connectivity index (χ3n) is 3.32. The highest BCUT2D eigenvalue weighted by Gasteiger charge is 2.24. The summed E-state index contributed by atoms with van der Waals surface area (Å²) in [4.78, 5) is 27.6. The molecule has 8 heteroatoms. The lowest BCUT2D eigenvalue weighted by Gasteiger charge is -2.17. The van der Waals surface area contributed by atoms with E-state index in [0.717, 1.165) is 0 Å². The van der Waals surface area contributed by atoms with Gasteiger partial charge in [-0.1, -0.05) is 43.1 Å². The van der Waals surface area contributed by atoms with Crippen molar-refractivity contribution in [1.29, 1.82) is 0 Å². The Labute approximate surface area is 153 Å². The minimum Gasteiger partial charge on any atom is -0.480 e. The van der Waals surface area contributed by atoms with Crippen molar-refractivity contribution in [3.8, 4) is 10.6 Å². The van der Waals surface area contributed by atoms with E-state index in [1.54, 1.807) is 37.4 Å². The van der Waals surface area contributed by atoms with Gasteiger partial charge in [0.05, 0.1) is 22.2 Å². The third-order valence-corrected chi connectivity index (χ3v) is 4.86. The molecule has 0 saturated heterocycles. The summed E-state index contributed by atoms with van der Waals surface area (Å²) >= 11 is 13.6. The normalized spacial score (nSPS) is 12.2. The molecule has 1 atom stereocenters. The molecule has 0 bridgehead atoms. The van der Waals surface area contributed by atoms with Crippen molar-refractivity contribution < 1.29 is 14.7 Å². The predicted octanol–water partition coefficient (Wildman–Crippen LogP) is 3.88. The Balaban J connectivity index is 2.12. The number of carbonyl (C=O) groups excluding carboxylic acids is 1. The number of carboxylic acids is 1. The fourth-order valence-corrected chi connectivity index (χ4v) is 3.69. The first kappa shape index (κ1) is 18.7.